The van der Waals surface area contributed by atoms with Gasteiger partial charge in [0.25, 0.3) is 0 Å². The van der Waals surface area contributed by atoms with Crippen molar-refractivity contribution < 1.29 is 8.81 Å². The van der Waals surface area contributed by atoms with Gasteiger partial charge in [-0.2, -0.15) is 0 Å². The summed E-state index contributed by atoms with van der Waals surface area (Å²) in [6.45, 7) is 4.92. The van der Waals surface area contributed by atoms with E-state index in [1.807, 2.05) is 31.2 Å². The number of nitrogens with one attached hydrogen (secondary N) is 1. The Kier molecular flexibility index (Phi) is 4.74. The number of furan rings is 1. The molecule has 1 aromatic carbocycles. The van der Waals surface area contributed by atoms with Gasteiger partial charge in [-0.15, -0.1) is 0 Å². The molecule has 2 rings (SSSR count). The van der Waals surface area contributed by atoms with Crippen LogP contribution in [0.25, 0.3) is 0 Å². The van der Waals surface area contributed by atoms with Crippen molar-refractivity contribution in [3.05, 3.63) is 59.3 Å². The van der Waals surface area contributed by atoms with Gasteiger partial charge < -0.3 is 9.73 Å². The van der Waals surface area contributed by atoms with Crippen LogP contribution >= 0.6 is 0 Å². The minimum Gasteiger partial charge on any atom is -0.465 e. The second kappa shape index (κ2) is 6.53. The van der Waals surface area contributed by atoms with Crippen molar-refractivity contribution in [3.8, 4) is 0 Å². The van der Waals surface area contributed by atoms with E-state index in [4.69, 9.17) is 4.42 Å². The predicted molar refractivity (Wildman–Crippen MR) is 74.6 cm³/mol. The SMILES string of the molecule is CCCNC(Cc1ccccc1F)c1ccc(C)o1. The monoisotopic (exact) mass is 261 g/mol. The van der Waals surface area contributed by atoms with Crippen LogP contribution in [0.3, 0.4) is 0 Å². The Morgan fingerprint density at radius 3 is 2.63 bits per heavy atom. The fourth-order valence-corrected chi connectivity index (χ4v) is 2.12. The van der Waals surface area contributed by atoms with Gasteiger partial charge in [0, 0.05) is 0 Å². The third kappa shape index (κ3) is 3.67. The number of rotatable bonds is 6. The van der Waals surface area contributed by atoms with Gasteiger partial charge in [-0.05, 0) is 50.1 Å². The van der Waals surface area contributed by atoms with Crippen LogP contribution in [0.5, 0.6) is 0 Å². The highest BCUT2D eigenvalue weighted by molar-refractivity contribution is 5.21. The molecule has 2 aromatic rings. The average molecular weight is 261 g/mol. The van der Waals surface area contributed by atoms with Gasteiger partial charge in [0.05, 0.1) is 6.04 Å². The number of benzene rings is 1. The third-order valence-corrected chi connectivity index (χ3v) is 3.13. The van der Waals surface area contributed by atoms with E-state index in [0.29, 0.717) is 12.0 Å². The second-order valence-corrected chi connectivity index (χ2v) is 4.75. The summed E-state index contributed by atoms with van der Waals surface area (Å²) in [4.78, 5) is 0. The van der Waals surface area contributed by atoms with Gasteiger partial charge in [0.1, 0.15) is 17.3 Å². The molecule has 102 valence electrons. The highest BCUT2D eigenvalue weighted by atomic mass is 19.1. The highest BCUT2D eigenvalue weighted by Crippen LogP contribution is 2.22. The molecule has 3 heteroatoms. The van der Waals surface area contributed by atoms with Crippen LogP contribution in [0.4, 0.5) is 4.39 Å². The molecule has 0 aliphatic rings. The summed E-state index contributed by atoms with van der Waals surface area (Å²) >= 11 is 0. The van der Waals surface area contributed by atoms with Crippen molar-refractivity contribution in [1.29, 1.82) is 0 Å². The van der Waals surface area contributed by atoms with E-state index in [1.54, 1.807) is 6.07 Å². The number of halogens is 1. The summed E-state index contributed by atoms with van der Waals surface area (Å²) in [5, 5.41) is 3.41. The van der Waals surface area contributed by atoms with Gasteiger partial charge in [-0.1, -0.05) is 25.1 Å². The Morgan fingerprint density at radius 2 is 2.00 bits per heavy atom. The summed E-state index contributed by atoms with van der Waals surface area (Å²) in [5.74, 6) is 1.59. The second-order valence-electron chi connectivity index (χ2n) is 4.75. The highest BCUT2D eigenvalue weighted by Gasteiger charge is 2.16. The molecule has 0 aliphatic carbocycles. The lowest BCUT2D eigenvalue weighted by atomic mass is 10.0. The molecule has 1 atom stereocenters. The van der Waals surface area contributed by atoms with E-state index in [2.05, 4.69) is 12.2 Å². The van der Waals surface area contributed by atoms with Crippen molar-refractivity contribution in [2.75, 3.05) is 6.54 Å². The molecule has 1 unspecified atom stereocenters. The first-order valence-corrected chi connectivity index (χ1v) is 6.74. The fraction of sp³-hybridized carbons (Fsp3) is 0.375. The average Bonchev–Trinajstić information content (AvgIpc) is 2.83. The van der Waals surface area contributed by atoms with E-state index >= 15 is 0 Å². The normalized spacial score (nSPS) is 12.6. The first-order chi connectivity index (χ1) is 9.20. The minimum absolute atomic E-state index is 0.0190. The number of hydrogen-bond acceptors (Lipinski definition) is 2. The van der Waals surface area contributed by atoms with Crippen LogP contribution in [0.1, 0.15) is 36.5 Å². The maximum absolute atomic E-state index is 13.7. The zero-order chi connectivity index (χ0) is 13.7. The predicted octanol–water partition coefficient (Wildman–Crippen LogP) is 4.01. The molecule has 0 amide bonds. The molecule has 0 aliphatic heterocycles. The topological polar surface area (TPSA) is 25.2 Å². The Labute approximate surface area is 113 Å². The molecule has 0 fully saturated rings. The number of hydrogen-bond donors (Lipinski definition) is 1. The van der Waals surface area contributed by atoms with Gasteiger partial charge in [-0.25, -0.2) is 4.39 Å². The molecule has 1 aromatic heterocycles. The van der Waals surface area contributed by atoms with Crippen molar-refractivity contribution in [2.24, 2.45) is 0 Å². The van der Waals surface area contributed by atoms with E-state index in [9.17, 15) is 4.39 Å². The Hall–Kier alpha value is -1.61. The number of aryl methyl sites for hydroxylation is 1. The Morgan fingerprint density at radius 1 is 1.21 bits per heavy atom. The smallest absolute Gasteiger partial charge is 0.126 e. The van der Waals surface area contributed by atoms with Crippen molar-refractivity contribution in [2.45, 2.75) is 32.7 Å². The van der Waals surface area contributed by atoms with Crippen molar-refractivity contribution >= 4 is 0 Å². The lowest BCUT2D eigenvalue weighted by molar-refractivity contribution is 0.395. The van der Waals surface area contributed by atoms with E-state index < -0.39 is 0 Å². The van der Waals surface area contributed by atoms with E-state index in [0.717, 1.165) is 24.5 Å². The summed E-state index contributed by atoms with van der Waals surface area (Å²) in [5.41, 5.74) is 0.713. The van der Waals surface area contributed by atoms with Crippen LogP contribution in [0.2, 0.25) is 0 Å². The van der Waals surface area contributed by atoms with Crippen LogP contribution in [-0.2, 0) is 6.42 Å². The molecule has 2 nitrogen and oxygen atoms in total. The largest absolute Gasteiger partial charge is 0.465 e. The molecule has 0 saturated carbocycles. The van der Waals surface area contributed by atoms with Gasteiger partial charge >= 0.3 is 0 Å². The zero-order valence-electron chi connectivity index (χ0n) is 11.4. The molecule has 0 bridgehead atoms. The van der Waals surface area contributed by atoms with Crippen molar-refractivity contribution in [3.63, 3.8) is 0 Å². The quantitative estimate of drug-likeness (QED) is 0.850. The molecule has 1 N–H and O–H groups in total. The summed E-state index contributed by atoms with van der Waals surface area (Å²) in [7, 11) is 0. The van der Waals surface area contributed by atoms with Crippen LogP contribution in [0.15, 0.2) is 40.8 Å². The maximum atomic E-state index is 13.7. The van der Waals surface area contributed by atoms with Gasteiger partial charge in [-0.3, -0.25) is 0 Å². The molecular weight excluding hydrogens is 241 g/mol. The lowest BCUT2D eigenvalue weighted by Gasteiger charge is -2.16. The third-order valence-electron chi connectivity index (χ3n) is 3.13. The van der Waals surface area contributed by atoms with E-state index in [-0.39, 0.29) is 11.9 Å². The minimum atomic E-state index is -0.158. The Balaban J connectivity index is 2.16. The summed E-state index contributed by atoms with van der Waals surface area (Å²) < 4.78 is 19.4. The van der Waals surface area contributed by atoms with Crippen LogP contribution in [-0.4, -0.2) is 6.54 Å². The zero-order valence-corrected chi connectivity index (χ0v) is 11.4. The first-order valence-electron chi connectivity index (χ1n) is 6.74. The van der Waals surface area contributed by atoms with Crippen molar-refractivity contribution in [1.82, 2.24) is 5.32 Å². The lowest BCUT2D eigenvalue weighted by Crippen LogP contribution is -2.24. The van der Waals surface area contributed by atoms with Crippen LogP contribution < -0.4 is 5.32 Å². The standard InChI is InChI=1S/C16H20FNO/c1-3-10-18-15(16-9-8-12(2)19-16)11-13-6-4-5-7-14(13)17/h4-9,15,18H,3,10-11H2,1-2H3. The van der Waals surface area contributed by atoms with Gasteiger partial charge in [0.2, 0.25) is 0 Å². The maximum Gasteiger partial charge on any atom is 0.126 e. The summed E-state index contributed by atoms with van der Waals surface area (Å²) in [6, 6.07) is 10.8. The molecular formula is C16H20FNO. The molecule has 0 radical (unpaired) electrons. The van der Waals surface area contributed by atoms with Crippen LogP contribution in [0, 0.1) is 12.7 Å². The first kappa shape index (κ1) is 13.8. The fourth-order valence-electron chi connectivity index (χ4n) is 2.12. The van der Waals surface area contributed by atoms with Gasteiger partial charge in [0.15, 0.2) is 0 Å². The van der Waals surface area contributed by atoms with E-state index in [1.165, 1.54) is 6.07 Å². The molecule has 19 heavy (non-hydrogen) atoms. The molecule has 0 saturated heterocycles. The Bertz CT molecular complexity index is 521. The molecule has 1 heterocycles. The molecule has 0 spiro atoms. The summed E-state index contributed by atoms with van der Waals surface area (Å²) in [6.07, 6.45) is 1.63.